The van der Waals surface area contributed by atoms with Crippen molar-refractivity contribution in [2.75, 3.05) is 0 Å². The summed E-state index contributed by atoms with van der Waals surface area (Å²) in [6.07, 6.45) is 0. The van der Waals surface area contributed by atoms with E-state index >= 15 is 0 Å². The van der Waals surface area contributed by atoms with Crippen molar-refractivity contribution in [2.45, 2.75) is 6.92 Å². The second-order valence-electron chi connectivity index (χ2n) is 3.20. The normalized spacial score (nSPS) is 10.3. The summed E-state index contributed by atoms with van der Waals surface area (Å²) in [5.41, 5.74) is 1.08. The van der Waals surface area contributed by atoms with Gasteiger partial charge in [-0.05, 0) is 6.92 Å². The Bertz CT molecular complexity index is 534. The van der Waals surface area contributed by atoms with E-state index in [4.69, 9.17) is 11.6 Å². The molecule has 0 spiro atoms. The molecule has 15 heavy (non-hydrogen) atoms. The number of halogens is 1. The summed E-state index contributed by atoms with van der Waals surface area (Å²) in [6.45, 7) is 1.64. The lowest BCUT2D eigenvalue weighted by Gasteiger charge is -2.02. The van der Waals surface area contributed by atoms with Gasteiger partial charge >= 0.3 is 0 Å². The monoisotopic (exact) mass is 220 g/mol. The van der Waals surface area contributed by atoms with E-state index in [0.717, 1.165) is 5.56 Å². The van der Waals surface area contributed by atoms with Crippen LogP contribution in [0.3, 0.4) is 0 Å². The first-order chi connectivity index (χ1) is 7.18. The molecule has 0 fully saturated rings. The number of hydrogen-bond donors (Lipinski definition) is 1. The highest BCUT2D eigenvalue weighted by Gasteiger charge is 2.06. The van der Waals surface area contributed by atoms with Gasteiger partial charge in [0, 0.05) is 5.56 Å². The fourth-order valence-electron chi connectivity index (χ4n) is 1.24. The van der Waals surface area contributed by atoms with Gasteiger partial charge in [0.1, 0.15) is 11.0 Å². The highest BCUT2D eigenvalue weighted by Crippen LogP contribution is 2.15. The van der Waals surface area contributed by atoms with Crippen LogP contribution in [0, 0.1) is 6.92 Å². The Morgan fingerprint density at radius 1 is 1.27 bits per heavy atom. The first kappa shape index (κ1) is 9.93. The summed E-state index contributed by atoms with van der Waals surface area (Å²) in [7, 11) is 0. The minimum absolute atomic E-state index is 0.200. The zero-order valence-corrected chi connectivity index (χ0v) is 8.88. The van der Waals surface area contributed by atoms with Crippen molar-refractivity contribution in [3.63, 3.8) is 0 Å². The lowest BCUT2D eigenvalue weighted by atomic mass is 10.2. The standard InChI is InChI=1S/C11H9ClN2O/c1-7-9(12)13-10(14-11(7)15)8-5-3-2-4-6-8/h2-6H,1H3,(H,13,14,15). The Hall–Kier alpha value is -1.61. The van der Waals surface area contributed by atoms with Crippen LogP contribution in [-0.4, -0.2) is 9.97 Å². The molecule has 1 aromatic carbocycles. The Kier molecular flexibility index (Phi) is 2.56. The number of nitrogens with zero attached hydrogens (tertiary/aromatic N) is 1. The van der Waals surface area contributed by atoms with E-state index in [9.17, 15) is 4.79 Å². The molecule has 2 aromatic rings. The zero-order chi connectivity index (χ0) is 10.8. The summed E-state index contributed by atoms with van der Waals surface area (Å²) in [5, 5.41) is 0.248. The van der Waals surface area contributed by atoms with E-state index in [1.165, 1.54) is 0 Å². The molecular formula is C11H9ClN2O. The molecule has 0 amide bonds. The third kappa shape index (κ3) is 1.92. The minimum atomic E-state index is -0.200. The molecule has 1 heterocycles. The van der Waals surface area contributed by atoms with E-state index in [1.807, 2.05) is 30.3 Å². The Balaban J connectivity index is 2.61. The molecule has 3 nitrogen and oxygen atoms in total. The third-order valence-electron chi connectivity index (χ3n) is 2.14. The van der Waals surface area contributed by atoms with Crippen molar-refractivity contribution in [3.05, 3.63) is 51.4 Å². The Morgan fingerprint density at radius 2 is 1.93 bits per heavy atom. The molecule has 0 saturated heterocycles. The van der Waals surface area contributed by atoms with Gasteiger partial charge < -0.3 is 4.98 Å². The number of hydrogen-bond acceptors (Lipinski definition) is 2. The van der Waals surface area contributed by atoms with Gasteiger partial charge in [-0.1, -0.05) is 41.9 Å². The molecule has 0 radical (unpaired) electrons. The number of aromatic amines is 1. The van der Waals surface area contributed by atoms with Crippen LogP contribution < -0.4 is 5.56 Å². The summed E-state index contributed by atoms with van der Waals surface area (Å²) in [6, 6.07) is 9.39. The van der Waals surface area contributed by atoms with Gasteiger partial charge in [-0.2, -0.15) is 0 Å². The second kappa shape index (κ2) is 3.87. The predicted octanol–water partition coefficient (Wildman–Crippen LogP) is 2.40. The Labute approximate surface area is 91.8 Å². The molecular weight excluding hydrogens is 212 g/mol. The number of rotatable bonds is 1. The zero-order valence-electron chi connectivity index (χ0n) is 8.12. The molecule has 0 saturated carbocycles. The molecule has 0 unspecified atom stereocenters. The van der Waals surface area contributed by atoms with Crippen LogP contribution in [0.15, 0.2) is 35.1 Å². The van der Waals surface area contributed by atoms with Crippen LogP contribution in [0.4, 0.5) is 0 Å². The molecule has 0 aliphatic heterocycles. The molecule has 0 bridgehead atoms. The van der Waals surface area contributed by atoms with Gasteiger partial charge in [0.2, 0.25) is 0 Å². The van der Waals surface area contributed by atoms with Crippen LogP contribution in [-0.2, 0) is 0 Å². The number of aromatic nitrogens is 2. The largest absolute Gasteiger partial charge is 0.306 e. The molecule has 4 heteroatoms. The quantitative estimate of drug-likeness (QED) is 0.751. The number of benzene rings is 1. The SMILES string of the molecule is Cc1c(Cl)nc(-c2ccccc2)[nH]c1=O. The maximum absolute atomic E-state index is 11.5. The van der Waals surface area contributed by atoms with E-state index < -0.39 is 0 Å². The van der Waals surface area contributed by atoms with Crippen LogP contribution in [0.5, 0.6) is 0 Å². The van der Waals surface area contributed by atoms with Gasteiger partial charge in [0.05, 0.1) is 5.56 Å². The van der Waals surface area contributed by atoms with Gasteiger partial charge in [-0.15, -0.1) is 0 Å². The van der Waals surface area contributed by atoms with Crippen molar-refractivity contribution in [1.29, 1.82) is 0 Å². The summed E-state index contributed by atoms with van der Waals surface area (Å²) >= 11 is 5.84. The van der Waals surface area contributed by atoms with Crippen molar-refractivity contribution in [3.8, 4) is 11.4 Å². The summed E-state index contributed by atoms with van der Waals surface area (Å²) in [5.74, 6) is 0.496. The van der Waals surface area contributed by atoms with Crippen LogP contribution in [0.1, 0.15) is 5.56 Å². The molecule has 1 aromatic heterocycles. The minimum Gasteiger partial charge on any atom is -0.306 e. The average Bonchev–Trinajstić information content (AvgIpc) is 2.26. The van der Waals surface area contributed by atoms with Gasteiger partial charge in [-0.25, -0.2) is 4.98 Å². The molecule has 1 N–H and O–H groups in total. The number of nitrogens with one attached hydrogen (secondary N) is 1. The molecule has 0 aliphatic rings. The molecule has 0 atom stereocenters. The smallest absolute Gasteiger partial charge is 0.255 e. The van der Waals surface area contributed by atoms with Crippen LogP contribution in [0.2, 0.25) is 5.15 Å². The molecule has 2 rings (SSSR count). The molecule has 0 aliphatic carbocycles. The van der Waals surface area contributed by atoms with Crippen molar-refractivity contribution in [2.24, 2.45) is 0 Å². The third-order valence-corrected chi connectivity index (χ3v) is 2.51. The van der Waals surface area contributed by atoms with Crippen molar-refractivity contribution < 1.29 is 0 Å². The van der Waals surface area contributed by atoms with Gasteiger partial charge in [-0.3, -0.25) is 4.79 Å². The second-order valence-corrected chi connectivity index (χ2v) is 3.55. The maximum atomic E-state index is 11.5. The highest BCUT2D eigenvalue weighted by molar-refractivity contribution is 6.30. The van der Waals surface area contributed by atoms with Gasteiger partial charge in [0.25, 0.3) is 5.56 Å². The van der Waals surface area contributed by atoms with Crippen LogP contribution in [0.25, 0.3) is 11.4 Å². The fraction of sp³-hybridized carbons (Fsp3) is 0.0909. The van der Waals surface area contributed by atoms with E-state index in [-0.39, 0.29) is 10.7 Å². The predicted molar refractivity (Wildman–Crippen MR) is 60.0 cm³/mol. The topological polar surface area (TPSA) is 45.8 Å². The van der Waals surface area contributed by atoms with E-state index in [2.05, 4.69) is 9.97 Å². The van der Waals surface area contributed by atoms with E-state index in [0.29, 0.717) is 11.4 Å². The first-order valence-corrected chi connectivity index (χ1v) is 4.88. The molecule has 76 valence electrons. The first-order valence-electron chi connectivity index (χ1n) is 4.50. The summed E-state index contributed by atoms with van der Waals surface area (Å²) in [4.78, 5) is 18.2. The van der Waals surface area contributed by atoms with Gasteiger partial charge in [0.15, 0.2) is 0 Å². The van der Waals surface area contributed by atoms with Crippen LogP contribution >= 0.6 is 11.6 Å². The average molecular weight is 221 g/mol. The number of H-pyrrole nitrogens is 1. The van der Waals surface area contributed by atoms with Crippen molar-refractivity contribution >= 4 is 11.6 Å². The summed E-state index contributed by atoms with van der Waals surface area (Å²) < 4.78 is 0. The van der Waals surface area contributed by atoms with E-state index in [1.54, 1.807) is 6.92 Å². The van der Waals surface area contributed by atoms with Crippen molar-refractivity contribution in [1.82, 2.24) is 9.97 Å². The lowest BCUT2D eigenvalue weighted by molar-refractivity contribution is 1.09. The Morgan fingerprint density at radius 3 is 2.53 bits per heavy atom. The fourth-order valence-corrected chi connectivity index (χ4v) is 1.41. The maximum Gasteiger partial charge on any atom is 0.255 e. The highest BCUT2D eigenvalue weighted by atomic mass is 35.5. The lowest BCUT2D eigenvalue weighted by Crippen LogP contribution is -2.12.